The van der Waals surface area contributed by atoms with Gasteiger partial charge in [-0.15, -0.1) is 13.6 Å². The number of aromatic hydroxyl groups is 1. The van der Waals surface area contributed by atoms with Gasteiger partial charge in [0.1, 0.15) is 17.4 Å². The molecular weight excluding hydrogens is 693 g/mol. The zero-order chi connectivity index (χ0) is 23.4. The van der Waals surface area contributed by atoms with E-state index in [2.05, 4.69) is 17.7 Å². The molecule has 11 heteroatoms. The molecule has 1 aromatic heterocycles. The monoisotopic (exact) mass is 716 g/mol. The summed E-state index contributed by atoms with van der Waals surface area (Å²) in [6, 6.07) is 2.83. The number of amides is 2. The Balaban J connectivity index is 0.00000385. The fourth-order valence-corrected chi connectivity index (χ4v) is 3.65. The topological polar surface area (TPSA) is 123 Å². The first-order chi connectivity index (χ1) is 15.2. The molecule has 1 fully saturated rings. The SMILES string of the molecule is [CH2-]n1cc(C(=O)NCc2ccc(F)cc2F)c(=O)c(O)c1C(=O)[N-]C[C@@H]1CCCC[C@@H]1O.[Hs]. The number of nitrogens with one attached hydrogen (secondary N) is 1. The van der Waals surface area contributed by atoms with Crippen LogP contribution in [0, 0.1) is 24.6 Å². The molecule has 1 aliphatic carbocycles. The van der Waals surface area contributed by atoms with Gasteiger partial charge in [-0.25, -0.2) is 8.78 Å². The average molecular weight is 716 g/mol. The minimum Gasteiger partial charge on any atom is -0.659 e. The van der Waals surface area contributed by atoms with Gasteiger partial charge in [0.25, 0.3) is 0 Å². The number of carbonyl (C=O) groups excluding carboxylic acids is 2. The molecule has 0 bridgehead atoms. The Morgan fingerprint density at radius 3 is 2.61 bits per heavy atom. The molecule has 1 aliphatic rings. The number of hydrogen-bond acceptors (Lipinski definition) is 5. The molecule has 0 spiro atoms. The Kier molecular flexibility index (Phi) is 7.74. The van der Waals surface area contributed by atoms with Gasteiger partial charge < -0.3 is 30.2 Å². The Labute approximate surface area is 182 Å². The Bertz CT molecular complexity index is 1090. The molecule has 0 saturated heterocycles. The van der Waals surface area contributed by atoms with Crippen molar-refractivity contribution in [1.82, 2.24) is 9.88 Å². The van der Waals surface area contributed by atoms with Gasteiger partial charge in [-0.3, -0.25) is 9.59 Å². The van der Waals surface area contributed by atoms with Crippen LogP contribution in [0.3, 0.4) is 0 Å². The van der Waals surface area contributed by atoms with E-state index >= 15 is 0 Å². The molecule has 1 saturated carbocycles. The van der Waals surface area contributed by atoms with E-state index in [0.717, 1.165) is 42.2 Å². The van der Waals surface area contributed by atoms with Crippen LogP contribution in [0.5, 0.6) is 5.75 Å². The van der Waals surface area contributed by atoms with Crippen molar-refractivity contribution in [3.05, 3.63) is 75.4 Å². The smallest absolute Gasteiger partial charge is 0.244 e. The predicted octanol–water partition coefficient (Wildman–Crippen LogP) is 2.47. The number of aliphatic hydroxyl groups is 1. The number of pyridine rings is 1. The summed E-state index contributed by atoms with van der Waals surface area (Å²) in [5.41, 5.74) is -2.12. The van der Waals surface area contributed by atoms with Crippen LogP contribution in [0.1, 0.15) is 52.1 Å². The van der Waals surface area contributed by atoms with E-state index < -0.39 is 52.0 Å². The van der Waals surface area contributed by atoms with Gasteiger partial charge in [-0.2, -0.15) is 0 Å². The quantitative estimate of drug-likeness (QED) is 0.397. The number of nitrogens with zero attached hydrogens (tertiary/aromatic N) is 2. The Morgan fingerprint density at radius 2 is 1.94 bits per heavy atom. The van der Waals surface area contributed by atoms with Crippen LogP contribution in [0.4, 0.5) is 8.78 Å². The van der Waals surface area contributed by atoms with E-state index in [4.69, 9.17) is 0 Å². The number of carbonyl (C=O) groups is 2. The largest absolute Gasteiger partial charge is 0.659 e. The summed E-state index contributed by atoms with van der Waals surface area (Å²) in [7, 11) is 3.54. The van der Waals surface area contributed by atoms with E-state index in [9.17, 15) is 33.4 Å². The van der Waals surface area contributed by atoms with Crippen molar-refractivity contribution >= 4 is 11.8 Å². The molecule has 3 rings (SSSR count). The number of rotatable bonds is 6. The van der Waals surface area contributed by atoms with Crippen LogP contribution in [0.2, 0.25) is 0 Å². The summed E-state index contributed by atoms with van der Waals surface area (Å²) in [5, 5.41) is 26.4. The first kappa shape index (κ1) is 24.9. The molecule has 8 nitrogen and oxygen atoms in total. The summed E-state index contributed by atoms with van der Waals surface area (Å²) in [6.07, 6.45) is 3.58. The van der Waals surface area contributed by atoms with E-state index in [1.807, 2.05) is 0 Å². The van der Waals surface area contributed by atoms with E-state index in [-0.39, 0.29) is 24.6 Å². The molecule has 1 heterocycles. The number of aromatic nitrogens is 1. The summed E-state index contributed by atoms with van der Waals surface area (Å²) >= 11 is 0. The molecule has 1 aromatic carbocycles. The van der Waals surface area contributed by atoms with Gasteiger partial charge in [-0.1, -0.05) is 25.1 Å². The van der Waals surface area contributed by atoms with Crippen molar-refractivity contribution in [2.75, 3.05) is 6.54 Å². The second-order valence-corrected chi connectivity index (χ2v) is 7.72. The van der Waals surface area contributed by atoms with E-state index in [0.29, 0.717) is 12.5 Å². The van der Waals surface area contributed by atoms with Crippen molar-refractivity contribution in [3.63, 3.8) is 0 Å². The van der Waals surface area contributed by atoms with Gasteiger partial charge >= 0.3 is 0 Å². The molecule has 174 valence electrons. The van der Waals surface area contributed by atoms with Crippen LogP contribution < -0.4 is 10.7 Å². The number of aliphatic hydroxyl groups excluding tert-OH is 1. The predicted molar refractivity (Wildman–Crippen MR) is 111 cm³/mol. The maximum atomic E-state index is 13.7. The van der Waals surface area contributed by atoms with Crippen molar-refractivity contribution in [1.29, 1.82) is 0 Å². The standard InChI is InChI=1S/C22H24F2N3O5.Hs/c1-27-11-15(21(31)25-9-12-6-7-14(23)8-16(12)24)19(29)20(30)18(27)22(32)26-10-13-4-2-3-5-17(13)28;/h6-8,11,13,17,28H,1-5,9-10H2,(H3,25,26,30,31,32);/q-1;/p-1/t13-,17-;/m0./s1. The fraction of sp³-hybridized carbons (Fsp3) is 0.364. The van der Waals surface area contributed by atoms with Crippen molar-refractivity contribution < 1.29 is 28.6 Å². The van der Waals surface area contributed by atoms with Crippen LogP contribution in [-0.4, -0.2) is 39.2 Å². The molecular formula is C22H23F2HsN3O5-2. The molecule has 2 atom stereocenters. The molecule has 0 aliphatic heterocycles. The zero-order valence-electron chi connectivity index (χ0n) is 17.9. The van der Waals surface area contributed by atoms with Gasteiger partial charge in [0, 0.05) is 29.8 Å². The molecule has 0 radical (unpaired) electrons. The first-order valence-corrected chi connectivity index (χ1v) is 10.1. The third-order valence-corrected chi connectivity index (χ3v) is 5.50. The summed E-state index contributed by atoms with van der Waals surface area (Å²) in [4.78, 5) is 37.3. The molecule has 2 aromatic rings. The van der Waals surface area contributed by atoms with Crippen molar-refractivity contribution in [2.45, 2.75) is 38.3 Å². The van der Waals surface area contributed by atoms with E-state index in [1.165, 1.54) is 0 Å². The van der Waals surface area contributed by atoms with Crippen LogP contribution in [0.25, 0.3) is 5.32 Å². The van der Waals surface area contributed by atoms with Gasteiger partial charge in [0.05, 0.1) is 11.7 Å². The third kappa shape index (κ3) is 5.45. The Morgan fingerprint density at radius 1 is 1.24 bits per heavy atom. The number of halogens is 2. The summed E-state index contributed by atoms with van der Waals surface area (Å²) in [5.74, 6) is -4.64. The normalized spacial score (nSPS) is 17.7. The Hall–Kier alpha value is -4.40. The average Bonchev–Trinajstić information content (AvgIpc) is 2.75. The molecule has 2 amide bonds. The van der Waals surface area contributed by atoms with Gasteiger partial charge in [-0.05, 0) is 24.8 Å². The minimum absolute atomic E-state index is 0. The second kappa shape index (κ2) is 10.3. The second-order valence-electron chi connectivity index (χ2n) is 7.72. The molecule has 3 N–H and O–H groups in total. The summed E-state index contributed by atoms with van der Waals surface area (Å²) in [6.45, 7) is -0.291. The maximum absolute atomic E-state index is 13.7. The van der Waals surface area contributed by atoms with Crippen LogP contribution in [-0.2, 0) is 6.54 Å². The number of benzene rings is 1. The maximum Gasteiger partial charge on any atom is 0.244 e. The van der Waals surface area contributed by atoms with Crippen LogP contribution >= 0.6 is 0 Å². The van der Waals surface area contributed by atoms with E-state index in [1.54, 1.807) is 0 Å². The van der Waals surface area contributed by atoms with Gasteiger partial charge in [0.15, 0.2) is 0 Å². The fourth-order valence-electron chi connectivity index (χ4n) is 3.65. The molecule has 33 heavy (non-hydrogen) atoms. The van der Waals surface area contributed by atoms with Crippen molar-refractivity contribution in [2.24, 2.45) is 5.92 Å². The van der Waals surface area contributed by atoms with Crippen molar-refractivity contribution in [3.8, 4) is 5.75 Å². The molecule has 0 unspecified atom stereocenters. The van der Waals surface area contributed by atoms with Crippen LogP contribution in [0.15, 0.2) is 29.2 Å². The zero-order valence-corrected chi connectivity index (χ0v) is 24.4. The minimum atomic E-state index is -1.11. The third-order valence-electron chi connectivity index (χ3n) is 5.50. The van der Waals surface area contributed by atoms with Gasteiger partial charge in [0.2, 0.25) is 11.3 Å². The number of hydrogen-bond donors (Lipinski definition) is 3. The first-order valence-electron chi connectivity index (χ1n) is 10.1. The summed E-state index contributed by atoms with van der Waals surface area (Å²) < 4.78 is 27.6.